The van der Waals surface area contributed by atoms with Crippen molar-refractivity contribution in [2.45, 2.75) is 26.3 Å². The van der Waals surface area contributed by atoms with Gasteiger partial charge in [0.05, 0.1) is 12.8 Å². The van der Waals surface area contributed by atoms with Crippen molar-refractivity contribution in [2.24, 2.45) is 5.73 Å². The number of primary amides is 1. The van der Waals surface area contributed by atoms with Gasteiger partial charge in [-0.2, -0.15) is 0 Å². The molecule has 0 aliphatic carbocycles. The number of ether oxygens (including phenoxy) is 1. The number of nitrogens with zero attached hydrogens (tertiary/aromatic N) is 1. The molecule has 0 saturated heterocycles. The lowest BCUT2D eigenvalue weighted by atomic mass is 9.96. The Morgan fingerprint density at radius 2 is 1.79 bits per heavy atom. The van der Waals surface area contributed by atoms with Gasteiger partial charge in [-0.1, -0.05) is 18.2 Å². The highest BCUT2D eigenvalue weighted by Crippen LogP contribution is 2.36. The molecule has 0 saturated carbocycles. The molecule has 1 aromatic heterocycles. The molecule has 1 amide bonds. The molecular weight excluding hydrogens is 368 g/mol. The van der Waals surface area contributed by atoms with Gasteiger partial charge in [-0.05, 0) is 54.8 Å². The first-order chi connectivity index (χ1) is 13.9. The number of carbonyl (C=O) groups is 2. The Hall–Kier alpha value is -3.54. The van der Waals surface area contributed by atoms with E-state index < -0.39 is 11.9 Å². The lowest BCUT2D eigenvalue weighted by Crippen LogP contribution is -2.11. The third-order valence-corrected chi connectivity index (χ3v) is 4.92. The number of methoxy groups -OCH3 is 1. The largest absolute Gasteiger partial charge is 0.497 e. The van der Waals surface area contributed by atoms with Crippen LogP contribution in [0.3, 0.4) is 0 Å². The van der Waals surface area contributed by atoms with E-state index in [1.807, 2.05) is 49.5 Å². The SMILES string of the molecule is COc1ccc(-c2ccn(CCCC(=O)O)c2-c2ccc(C(N)=O)cc2C)cc1. The molecule has 29 heavy (non-hydrogen) atoms. The van der Waals surface area contributed by atoms with Crippen LogP contribution in [0.15, 0.2) is 54.7 Å². The van der Waals surface area contributed by atoms with Crippen LogP contribution in [-0.2, 0) is 11.3 Å². The summed E-state index contributed by atoms with van der Waals surface area (Å²) < 4.78 is 7.32. The molecule has 6 nitrogen and oxygen atoms in total. The fourth-order valence-electron chi connectivity index (χ4n) is 3.45. The van der Waals surface area contributed by atoms with E-state index >= 15 is 0 Å². The standard InChI is InChI=1S/C23H24N2O4/c1-15-14-17(23(24)28)7-10-19(15)22-20(16-5-8-18(29-2)9-6-16)11-13-25(22)12-3-4-21(26)27/h5-11,13-14H,3-4,12H2,1-2H3,(H2,24,28)(H,26,27). The molecule has 150 valence electrons. The van der Waals surface area contributed by atoms with Crippen molar-refractivity contribution in [3.05, 3.63) is 65.9 Å². The van der Waals surface area contributed by atoms with Gasteiger partial charge in [0.25, 0.3) is 0 Å². The second kappa shape index (κ2) is 8.65. The molecule has 0 unspecified atom stereocenters. The lowest BCUT2D eigenvalue weighted by molar-refractivity contribution is -0.137. The number of carboxylic acid groups (broad SMARTS) is 1. The third-order valence-electron chi connectivity index (χ3n) is 4.92. The molecule has 0 aliphatic rings. The molecule has 3 N–H and O–H groups in total. The molecule has 0 bridgehead atoms. The van der Waals surface area contributed by atoms with E-state index in [9.17, 15) is 9.59 Å². The van der Waals surface area contributed by atoms with E-state index in [2.05, 4.69) is 4.57 Å². The number of hydrogen-bond donors (Lipinski definition) is 2. The normalized spacial score (nSPS) is 10.7. The van der Waals surface area contributed by atoms with Crippen LogP contribution < -0.4 is 10.5 Å². The number of aromatic nitrogens is 1. The quantitative estimate of drug-likeness (QED) is 0.603. The van der Waals surface area contributed by atoms with E-state index in [1.54, 1.807) is 19.2 Å². The Kier molecular flexibility index (Phi) is 6.02. The van der Waals surface area contributed by atoms with Gasteiger partial charge in [0.1, 0.15) is 5.75 Å². The minimum atomic E-state index is -0.809. The third kappa shape index (κ3) is 4.48. The maximum Gasteiger partial charge on any atom is 0.303 e. The van der Waals surface area contributed by atoms with Crippen molar-refractivity contribution >= 4 is 11.9 Å². The van der Waals surface area contributed by atoms with Gasteiger partial charge >= 0.3 is 5.97 Å². The average Bonchev–Trinajstić information content (AvgIpc) is 3.11. The number of aryl methyl sites for hydroxylation is 2. The van der Waals surface area contributed by atoms with Crippen LogP contribution >= 0.6 is 0 Å². The van der Waals surface area contributed by atoms with Crippen molar-refractivity contribution in [1.29, 1.82) is 0 Å². The number of aliphatic carboxylic acids is 1. The summed E-state index contributed by atoms with van der Waals surface area (Å²) in [6.45, 7) is 2.52. The maximum atomic E-state index is 11.5. The van der Waals surface area contributed by atoms with E-state index in [1.165, 1.54) is 0 Å². The summed E-state index contributed by atoms with van der Waals surface area (Å²) in [5.41, 5.74) is 10.8. The van der Waals surface area contributed by atoms with Gasteiger partial charge in [0.2, 0.25) is 5.91 Å². The Morgan fingerprint density at radius 3 is 2.38 bits per heavy atom. The lowest BCUT2D eigenvalue weighted by Gasteiger charge is -2.15. The fourth-order valence-corrected chi connectivity index (χ4v) is 3.45. The first kappa shape index (κ1) is 20.2. The van der Waals surface area contributed by atoms with Crippen LogP contribution in [0.1, 0.15) is 28.8 Å². The van der Waals surface area contributed by atoms with Gasteiger partial charge in [0, 0.05) is 35.9 Å². The molecule has 0 atom stereocenters. The molecular formula is C23H24N2O4. The molecule has 0 spiro atoms. The topological polar surface area (TPSA) is 94.6 Å². The van der Waals surface area contributed by atoms with Crippen LogP contribution in [0.4, 0.5) is 0 Å². The highest BCUT2D eigenvalue weighted by Gasteiger charge is 2.16. The summed E-state index contributed by atoms with van der Waals surface area (Å²) in [5, 5.41) is 8.97. The van der Waals surface area contributed by atoms with Gasteiger partial charge in [-0.25, -0.2) is 0 Å². The number of hydrogen-bond acceptors (Lipinski definition) is 3. The monoisotopic (exact) mass is 392 g/mol. The summed E-state index contributed by atoms with van der Waals surface area (Å²) in [5.74, 6) is -0.499. The molecule has 0 radical (unpaired) electrons. The molecule has 2 aromatic carbocycles. The van der Waals surface area contributed by atoms with Gasteiger partial charge in [-0.3, -0.25) is 9.59 Å². The van der Waals surface area contributed by atoms with Crippen molar-refractivity contribution < 1.29 is 19.4 Å². The van der Waals surface area contributed by atoms with Crippen molar-refractivity contribution in [3.8, 4) is 28.1 Å². The molecule has 0 fully saturated rings. The Morgan fingerprint density at radius 1 is 1.07 bits per heavy atom. The van der Waals surface area contributed by atoms with E-state index in [4.69, 9.17) is 15.6 Å². The minimum absolute atomic E-state index is 0.106. The second-order valence-electron chi connectivity index (χ2n) is 6.89. The predicted octanol–water partition coefficient (Wildman–Crippen LogP) is 4.10. The highest BCUT2D eigenvalue weighted by molar-refractivity contribution is 5.94. The summed E-state index contributed by atoms with van der Waals surface area (Å²) in [7, 11) is 1.63. The molecule has 3 aromatic rings. The summed E-state index contributed by atoms with van der Waals surface area (Å²) in [4.78, 5) is 22.4. The number of carboxylic acids is 1. The second-order valence-corrected chi connectivity index (χ2v) is 6.89. The zero-order valence-corrected chi connectivity index (χ0v) is 16.5. The van der Waals surface area contributed by atoms with Crippen molar-refractivity contribution in [2.75, 3.05) is 7.11 Å². The maximum absolute atomic E-state index is 11.5. The number of nitrogens with two attached hydrogens (primary N) is 1. The first-order valence-corrected chi connectivity index (χ1v) is 9.37. The fraction of sp³-hybridized carbons (Fsp3) is 0.217. The van der Waals surface area contributed by atoms with E-state index in [-0.39, 0.29) is 6.42 Å². The van der Waals surface area contributed by atoms with Crippen LogP contribution in [0, 0.1) is 6.92 Å². The molecule has 3 rings (SSSR count). The number of carbonyl (C=O) groups excluding carboxylic acids is 1. The van der Waals surface area contributed by atoms with Gasteiger partial charge in [-0.15, -0.1) is 0 Å². The molecule has 0 aliphatic heterocycles. The first-order valence-electron chi connectivity index (χ1n) is 9.37. The van der Waals surface area contributed by atoms with Crippen molar-refractivity contribution in [3.63, 3.8) is 0 Å². The van der Waals surface area contributed by atoms with Crippen LogP contribution in [0.25, 0.3) is 22.4 Å². The van der Waals surface area contributed by atoms with Crippen LogP contribution in [-0.4, -0.2) is 28.7 Å². The smallest absolute Gasteiger partial charge is 0.303 e. The number of benzene rings is 2. The van der Waals surface area contributed by atoms with Crippen LogP contribution in [0.2, 0.25) is 0 Å². The predicted molar refractivity (Wildman–Crippen MR) is 112 cm³/mol. The Bertz CT molecular complexity index is 1040. The zero-order valence-electron chi connectivity index (χ0n) is 16.5. The number of rotatable bonds is 8. The molecule has 6 heteroatoms. The van der Waals surface area contributed by atoms with E-state index in [0.717, 1.165) is 33.7 Å². The number of amides is 1. The Balaban J connectivity index is 2.08. The summed E-state index contributed by atoms with van der Waals surface area (Å²) >= 11 is 0. The summed E-state index contributed by atoms with van der Waals surface area (Å²) in [6, 6.07) is 15.2. The van der Waals surface area contributed by atoms with Crippen LogP contribution in [0.5, 0.6) is 5.75 Å². The van der Waals surface area contributed by atoms with Gasteiger partial charge < -0.3 is 20.1 Å². The average molecular weight is 392 g/mol. The summed E-state index contributed by atoms with van der Waals surface area (Å²) in [6.07, 6.45) is 2.60. The van der Waals surface area contributed by atoms with E-state index in [0.29, 0.717) is 18.5 Å². The molecule has 1 heterocycles. The Labute approximate surface area is 169 Å². The highest BCUT2D eigenvalue weighted by atomic mass is 16.5. The minimum Gasteiger partial charge on any atom is -0.497 e. The van der Waals surface area contributed by atoms with Gasteiger partial charge in [0.15, 0.2) is 0 Å². The van der Waals surface area contributed by atoms with Crippen molar-refractivity contribution in [1.82, 2.24) is 4.57 Å². The zero-order chi connectivity index (χ0) is 21.0.